The molecule has 1 atom stereocenters. The lowest BCUT2D eigenvalue weighted by atomic mass is 10.0. The maximum atomic E-state index is 11.6. The molecule has 0 spiro atoms. The third-order valence-corrected chi connectivity index (χ3v) is 4.38. The molecule has 0 aromatic heterocycles. The van der Waals surface area contributed by atoms with Crippen molar-refractivity contribution in [3.05, 3.63) is 63.6 Å². The SMILES string of the molecule is CC(C)c1ccccc1O[C@H](Cc1cccc(Cl)c1Cl)C(=O)O. The van der Waals surface area contributed by atoms with Gasteiger partial charge in [-0.2, -0.15) is 0 Å². The molecule has 5 heteroatoms. The van der Waals surface area contributed by atoms with Gasteiger partial charge in [0.05, 0.1) is 10.0 Å². The second kappa shape index (κ2) is 7.71. The Morgan fingerprint density at radius 1 is 1.13 bits per heavy atom. The number of ether oxygens (including phenoxy) is 1. The van der Waals surface area contributed by atoms with Crippen molar-refractivity contribution in [2.75, 3.05) is 0 Å². The summed E-state index contributed by atoms with van der Waals surface area (Å²) < 4.78 is 5.77. The molecule has 0 heterocycles. The van der Waals surface area contributed by atoms with Gasteiger partial charge in [-0.15, -0.1) is 0 Å². The number of halogens is 2. The number of carboxylic acid groups (broad SMARTS) is 1. The van der Waals surface area contributed by atoms with Gasteiger partial charge < -0.3 is 9.84 Å². The molecule has 3 nitrogen and oxygen atoms in total. The summed E-state index contributed by atoms with van der Waals surface area (Å²) in [6, 6.07) is 12.6. The first kappa shape index (κ1) is 17.6. The molecule has 23 heavy (non-hydrogen) atoms. The number of rotatable bonds is 6. The molecular weight excluding hydrogens is 335 g/mol. The summed E-state index contributed by atoms with van der Waals surface area (Å²) in [7, 11) is 0. The summed E-state index contributed by atoms with van der Waals surface area (Å²) >= 11 is 12.1. The molecule has 0 amide bonds. The highest BCUT2D eigenvalue weighted by molar-refractivity contribution is 6.42. The van der Waals surface area contributed by atoms with Crippen LogP contribution in [0, 0.1) is 0 Å². The number of hydrogen-bond acceptors (Lipinski definition) is 2. The van der Waals surface area contributed by atoms with E-state index in [1.807, 2.05) is 32.0 Å². The third-order valence-electron chi connectivity index (χ3n) is 3.52. The number of hydrogen-bond donors (Lipinski definition) is 1. The number of carboxylic acids is 1. The molecule has 122 valence electrons. The average molecular weight is 353 g/mol. The van der Waals surface area contributed by atoms with Gasteiger partial charge in [-0.3, -0.25) is 0 Å². The number of para-hydroxylation sites is 1. The van der Waals surface area contributed by atoms with E-state index in [1.165, 1.54) is 0 Å². The second-order valence-corrected chi connectivity index (χ2v) is 6.34. The standard InChI is InChI=1S/C18H18Cl2O3/c1-11(2)13-7-3-4-9-15(13)23-16(18(21)22)10-12-6-5-8-14(19)17(12)20/h3-9,11,16H,10H2,1-2H3,(H,21,22)/t16-/m1/s1. The summed E-state index contributed by atoms with van der Waals surface area (Å²) in [5, 5.41) is 10.2. The van der Waals surface area contributed by atoms with Crippen molar-refractivity contribution in [2.24, 2.45) is 0 Å². The molecular formula is C18H18Cl2O3. The van der Waals surface area contributed by atoms with Crippen LogP contribution in [0.2, 0.25) is 10.0 Å². The smallest absolute Gasteiger partial charge is 0.345 e. The summed E-state index contributed by atoms with van der Waals surface area (Å²) in [6.07, 6.45) is -0.896. The van der Waals surface area contributed by atoms with E-state index in [9.17, 15) is 9.90 Å². The molecule has 0 bridgehead atoms. The fourth-order valence-corrected chi connectivity index (χ4v) is 2.70. The normalized spacial score (nSPS) is 12.2. The minimum Gasteiger partial charge on any atom is -0.478 e. The van der Waals surface area contributed by atoms with E-state index in [4.69, 9.17) is 27.9 Å². The fourth-order valence-electron chi connectivity index (χ4n) is 2.30. The maximum Gasteiger partial charge on any atom is 0.345 e. The Morgan fingerprint density at radius 2 is 1.83 bits per heavy atom. The zero-order valence-electron chi connectivity index (χ0n) is 12.9. The van der Waals surface area contributed by atoms with Crippen molar-refractivity contribution >= 4 is 29.2 Å². The van der Waals surface area contributed by atoms with E-state index in [0.29, 0.717) is 21.4 Å². The van der Waals surface area contributed by atoms with Gasteiger partial charge >= 0.3 is 5.97 Å². The van der Waals surface area contributed by atoms with Crippen molar-refractivity contribution in [1.29, 1.82) is 0 Å². The van der Waals surface area contributed by atoms with E-state index in [1.54, 1.807) is 24.3 Å². The minimum atomic E-state index is -1.04. The van der Waals surface area contributed by atoms with E-state index < -0.39 is 12.1 Å². The maximum absolute atomic E-state index is 11.6. The highest BCUT2D eigenvalue weighted by Gasteiger charge is 2.23. The van der Waals surface area contributed by atoms with Crippen molar-refractivity contribution < 1.29 is 14.6 Å². The monoisotopic (exact) mass is 352 g/mol. The van der Waals surface area contributed by atoms with Crippen LogP contribution in [0.4, 0.5) is 0 Å². The Labute approximate surface area is 145 Å². The molecule has 1 N–H and O–H groups in total. The van der Waals surface area contributed by atoms with Gasteiger partial charge in [0.25, 0.3) is 0 Å². The Morgan fingerprint density at radius 3 is 2.48 bits per heavy atom. The first-order valence-electron chi connectivity index (χ1n) is 7.31. The van der Waals surface area contributed by atoms with Crippen LogP contribution in [0.5, 0.6) is 5.75 Å². The lowest BCUT2D eigenvalue weighted by Gasteiger charge is -2.19. The molecule has 0 radical (unpaired) electrons. The van der Waals surface area contributed by atoms with Gasteiger partial charge in [-0.25, -0.2) is 4.79 Å². The van der Waals surface area contributed by atoms with E-state index in [-0.39, 0.29) is 12.3 Å². The average Bonchev–Trinajstić information content (AvgIpc) is 2.51. The molecule has 0 aliphatic rings. The van der Waals surface area contributed by atoms with Crippen LogP contribution < -0.4 is 4.74 Å². The van der Waals surface area contributed by atoms with Crippen LogP contribution >= 0.6 is 23.2 Å². The van der Waals surface area contributed by atoms with Crippen molar-refractivity contribution in [3.63, 3.8) is 0 Å². The fraction of sp³-hybridized carbons (Fsp3) is 0.278. The quantitative estimate of drug-likeness (QED) is 0.777. The van der Waals surface area contributed by atoms with Gasteiger partial charge in [0, 0.05) is 6.42 Å². The van der Waals surface area contributed by atoms with E-state index >= 15 is 0 Å². The predicted molar refractivity (Wildman–Crippen MR) is 92.7 cm³/mol. The van der Waals surface area contributed by atoms with Crippen LogP contribution in [0.1, 0.15) is 30.9 Å². The summed E-state index contributed by atoms with van der Waals surface area (Å²) in [6.45, 7) is 4.07. The molecule has 0 aliphatic carbocycles. The Kier molecular flexibility index (Phi) is 5.91. The molecule has 2 aromatic rings. The Bertz CT molecular complexity index is 698. The minimum absolute atomic E-state index is 0.140. The van der Waals surface area contributed by atoms with Crippen LogP contribution in [-0.4, -0.2) is 17.2 Å². The van der Waals surface area contributed by atoms with E-state index in [0.717, 1.165) is 5.56 Å². The van der Waals surface area contributed by atoms with Crippen LogP contribution in [-0.2, 0) is 11.2 Å². The molecule has 2 rings (SSSR count). The highest BCUT2D eigenvalue weighted by Crippen LogP contribution is 2.30. The first-order chi connectivity index (χ1) is 10.9. The summed E-state index contributed by atoms with van der Waals surface area (Å²) in [5.74, 6) is -0.233. The zero-order valence-corrected chi connectivity index (χ0v) is 14.4. The van der Waals surface area contributed by atoms with Crippen molar-refractivity contribution in [2.45, 2.75) is 32.3 Å². The topological polar surface area (TPSA) is 46.5 Å². The highest BCUT2D eigenvalue weighted by atomic mass is 35.5. The summed E-state index contributed by atoms with van der Waals surface area (Å²) in [5.41, 5.74) is 1.62. The zero-order chi connectivity index (χ0) is 17.0. The number of carbonyl (C=O) groups is 1. The van der Waals surface area contributed by atoms with Gasteiger partial charge in [0.2, 0.25) is 0 Å². The molecule has 0 saturated carbocycles. The molecule has 0 saturated heterocycles. The molecule has 0 unspecified atom stereocenters. The number of aliphatic carboxylic acids is 1. The largest absolute Gasteiger partial charge is 0.478 e. The molecule has 2 aromatic carbocycles. The Balaban J connectivity index is 2.27. The summed E-state index contributed by atoms with van der Waals surface area (Å²) in [4.78, 5) is 11.6. The van der Waals surface area contributed by atoms with Gasteiger partial charge in [0.15, 0.2) is 6.10 Å². The van der Waals surface area contributed by atoms with Crippen molar-refractivity contribution in [3.8, 4) is 5.75 Å². The van der Waals surface area contributed by atoms with Gasteiger partial charge in [-0.1, -0.05) is 67.4 Å². The Hall–Kier alpha value is -1.71. The van der Waals surface area contributed by atoms with E-state index in [2.05, 4.69) is 0 Å². The molecule has 0 aliphatic heterocycles. The molecule has 0 fully saturated rings. The number of benzene rings is 2. The predicted octanol–water partition coefficient (Wildman–Crippen LogP) is 5.19. The van der Waals surface area contributed by atoms with Crippen molar-refractivity contribution in [1.82, 2.24) is 0 Å². The van der Waals surface area contributed by atoms with Crippen LogP contribution in [0.25, 0.3) is 0 Å². The lowest BCUT2D eigenvalue weighted by Crippen LogP contribution is -2.30. The third kappa shape index (κ3) is 4.40. The van der Waals surface area contributed by atoms with Gasteiger partial charge in [0.1, 0.15) is 5.75 Å². The first-order valence-corrected chi connectivity index (χ1v) is 8.07. The van der Waals surface area contributed by atoms with Crippen LogP contribution in [0.3, 0.4) is 0 Å². The second-order valence-electron chi connectivity index (χ2n) is 5.55. The lowest BCUT2D eigenvalue weighted by molar-refractivity contribution is -0.145. The van der Waals surface area contributed by atoms with Gasteiger partial charge in [-0.05, 0) is 29.2 Å². The van der Waals surface area contributed by atoms with Crippen LogP contribution in [0.15, 0.2) is 42.5 Å².